The van der Waals surface area contributed by atoms with Gasteiger partial charge < -0.3 is 4.74 Å². The van der Waals surface area contributed by atoms with Crippen LogP contribution in [0.1, 0.15) is 36.2 Å². The normalized spacial score (nSPS) is 12.1. The van der Waals surface area contributed by atoms with Gasteiger partial charge in [-0.05, 0) is 49.7 Å². The van der Waals surface area contributed by atoms with E-state index in [0.29, 0.717) is 5.56 Å². The van der Waals surface area contributed by atoms with Crippen LogP contribution in [0.5, 0.6) is 5.75 Å². The first kappa shape index (κ1) is 17.2. The number of nitrogens with zero attached hydrogens (tertiary/aromatic N) is 1. The Morgan fingerprint density at radius 3 is 2.65 bits per heavy atom. The second kappa shape index (κ2) is 8.48. The number of hydrogen-bond acceptors (Lipinski definition) is 3. The molecule has 120 valence electrons. The average Bonchev–Trinajstić information content (AvgIpc) is 2.56. The van der Waals surface area contributed by atoms with Crippen LogP contribution in [0.4, 0.5) is 0 Å². The van der Waals surface area contributed by atoms with Gasteiger partial charge in [-0.2, -0.15) is 5.10 Å². The zero-order valence-corrected chi connectivity index (χ0v) is 14.7. The second-order valence-corrected chi connectivity index (χ2v) is 6.00. The van der Waals surface area contributed by atoms with Crippen LogP contribution in [0.2, 0.25) is 0 Å². The van der Waals surface area contributed by atoms with E-state index in [4.69, 9.17) is 4.74 Å². The summed E-state index contributed by atoms with van der Waals surface area (Å²) in [4.78, 5) is 12.0. The quantitative estimate of drug-likeness (QED) is 0.601. The fourth-order valence-corrected chi connectivity index (χ4v) is 2.09. The standard InChI is InChI=1S/C18H19BrN2O2/c1-3-13(2)23-17-7-5-4-6-15(17)12-20-21-18(22)14-8-10-16(19)11-9-14/h4-13H,3H2,1-2H3,(H,21,22)/b20-12-/t13-/m1/s1. The largest absolute Gasteiger partial charge is 0.490 e. The number of amides is 1. The van der Waals surface area contributed by atoms with Crippen LogP contribution in [0.3, 0.4) is 0 Å². The van der Waals surface area contributed by atoms with Crippen molar-refractivity contribution in [3.63, 3.8) is 0 Å². The number of rotatable bonds is 6. The van der Waals surface area contributed by atoms with Crippen molar-refractivity contribution in [1.29, 1.82) is 0 Å². The van der Waals surface area contributed by atoms with Gasteiger partial charge in [0.1, 0.15) is 5.75 Å². The van der Waals surface area contributed by atoms with Crippen molar-refractivity contribution < 1.29 is 9.53 Å². The molecule has 1 atom stereocenters. The highest BCUT2D eigenvalue weighted by molar-refractivity contribution is 9.10. The topological polar surface area (TPSA) is 50.7 Å². The van der Waals surface area contributed by atoms with Gasteiger partial charge in [0, 0.05) is 15.6 Å². The molecule has 2 aromatic carbocycles. The van der Waals surface area contributed by atoms with E-state index < -0.39 is 0 Å². The third kappa shape index (κ3) is 5.21. The summed E-state index contributed by atoms with van der Waals surface area (Å²) in [6.45, 7) is 4.09. The number of benzene rings is 2. The molecule has 0 saturated carbocycles. The maximum atomic E-state index is 12.0. The van der Waals surface area contributed by atoms with Gasteiger partial charge in [0.05, 0.1) is 12.3 Å². The molecule has 23 heavy (non-hydrogen) atoms. The Kier molecular flexibility index (Phi) is 6.35. The van der Waals surface area contributed by atoms with Crippen molar-refractivity contribution in [2.45, 2.75) is 26.4 Å². The minimum absolute atomic E-state index is 0.127. The molecule has 0 bridgehead atoms. The number of carbonyl (C=O) groups is 1. The predicted octanol–water partition coefficient (Wildman–Crippen LogP) is 4.39. The van der Waals surface area contributed by atoms with Crippen molar-refractivity contribution in [2.75, 3.05) is 0 Å². The fourth-order valence-electron chi connectivity index (χ4n) is 1.82. The summed E-state index contributed by atoms with van der Waals surface area (Å²) in [5.74, 6) is 0.498. The Labute approximate surface area is 144 Å². The summed E-state index contributed by atoms with van der Waals surface area (Å²) in [6, 6.07) is 14.7. The molecule has 0 saturated heterocycles. The minimum Gasteiger partial charge on any atom is -0.490 e. The molecule has 0 heterocycles. The highest BCUT2D eigenvalue weighted by atomic mass is 79.9. The first-order chi connectivity index (χ1) is 11.1. The molecule has 2 rings (SSSR count). The maximum absolute atomic E-state index is 12.0. The summed E-state index contributed by atoms with van der Waals surface area (Å²) in [5, 5.41) is 4.02. The van der Waals surface area contributed by atoms with Crippen molar-refractivity contribution in [1.82, 2.24) is 5.43 Å². The summed E-state index contributed by atoms with van der Waals surface area (Å²) >= 11 is 3.34. The lowest BCUT2D eigenvalue weighted by atomic mass is 10.2. The lowest BCUT2D eigenvalue weighted by Crippen LogP contribution is -2.17. The minimum atomic E-state index is -0.255. The van der Waals surface area contributed by atoms with Crippen LogP contribution >= 0.6 is 15.9 Å². The van der Waals surface area contributed by atoms with Crippen molar-refractivity contribution in [3.8, 4) is 5.75 Å². The highest BCUT2D eigenvalue weighted by Gasteiger charge is 2.06. The van der Waals surface area contributed by atoms with E-state index >= 15 is 0 Å². The number of para-hydroxylation sites is 1. The SMILES string of the molecule is CC[C@@H](C)Oc1ccccc1/C=N\NC(=O)c1ccc(Br)cc1. The average molecular weight is 375 g/mol. The molecule has 1 N–H and O–H groups in total. The summed E-state index contributed by atoms with van der Waals surface area (Å²) in [7, 11) is 0. The van der Waals surface area contributed by atoms with E-state index in [1.54, 1.807) is 18.3 Å². The van der Waals surface area contributed by atoms with Crippen molar-refractivity contribution in [3.05, 3.63) is 64.1 Å². The third-order valence-electron chi connectivity index (χ3n) is 3.30. The summed E-state index contributed by atoms with van der Waals surface area (Å²) in [6.07, 6.45) is 2.64. The zero-order chi connectivity index (χ0) is 16.7. The molecule has 0 aliphatic heterocycles. The van der Waals surface area contributed by atoms with E-state index in [1.165, 1.54) is 0 Å². The third-order valence-corrected chi connectivity index (χ3v) is 3.83. The van der Waals surface area contributed by atoms with Gasteiger partial charge in [-0.15, -0.1) is 0 Å². The molecule has 1 amide bonds. The molecule has 5 heteroatoms. The van der Waals surface area contributed by atoms with E-state index in [-0.39, 0.29) is 12.0 Å². The first-order valence-electron chi connectivity index (χ1n) is 7.44. The van der Waals surface area contributed by atoms with Crippen molar-refractivity contribution in [2.24, 2.45) is 5.10 Å². The van der Waals surface area contributed by atoms with E-state index in [9.17, 15) is 4.79 Å². The van der Waals surface area contributed by atoms with Gasteiger partial charge >= 0.3 is 0 Å². The number of hydrazone groups is 1. The van der Waals surface area contributed by atoms with Gasteiger partial charge in [0.25, 0.3) is 5.91 Å². The Hall–Kier alpha value is -2.14. The van der Waals surface area contributed by atoms with Crippen LogP contribution in [-0.2, 0) is 0 Å². The molecule has 0 aromatic heterocycles. The van der Waals surface area contributed by atoms with Gasteiger partial charge in [0.15, 0.2) is 0 Å². The Morgan fingerprint density at radius 2 is 1.96 bits per heavy atom. The maximum Gasteiger partial charge on any atom is 0.271 e. The highest BCUT2D eigenvalue weighted by Crippen LogP contribution is 2.18. The van der Waals surface area contributed by atoms with Gasteiger partial charge in [0.2, 0.25) is 0 Å². The summed E-state index contributed by atoms with van der Waals surface area (Å²) < 4.78 is 6.77. The molecular weight excluding hydrogens is 356 g/mol. The fraction of sp³-hybridized carbons (Fsp3) is 0.222. The van der Waals surface area contributed by atoms with Crippen LogP contribution in [0.15, 0.2) is 58.1 Å². The van der Waals surface area contributed by atoms with Gasteiger partial charge in [-0.1, -0.05) is 35.0 Å². The molecule has 4 nitrogen and oxygen atoms in total. The smallest absolute Gasteiger partial charge is 0.271 e. The van der Waals surface area contributed by atoms with Crippen LogP contribution in [0.25, 0.3) is 0 Å². The predicted molar refractivity (Wildman–Crippen MR) is 96.0 cm³/mol. The lowest BCUT2D eigenvalue weighted by Gasteiger charge is -2.14. The van der Waals surface area contributed by atoms with Crippen LogP contribution in [0, 0.1) is 0 Å². The molecule has 0 unspecified atom stereocenters. The Bertz CT molecular complexity index is 684. The number of hydrogen-bond donors (Lipinski definition) is 1. The monoisotopic (exact) mass is 374 g/mol. The molecule has 0 aliphatic carbocycles. The number of halogens is 1. The van der Waals surface area contributed by atoms with E-state index in [0.717, 1.165) is 22.2 Å². The van der Waals surface area contributed by atoms with Crippen LogP contribution < -0.4 is 10.2 Å². The molecule has 2 aromatic rings. The zero-order valence-electron chi connectivity index (χ0n) is 13.1. The Morgan fingerprint density at radius 1 is 1.26 bits per heavy atom. The van der Waals surface area contributed by atoms with E-state index in [1.807, 2.05) is 43.3 Å². The van der Waals surface area contributed by atoms with Gasteiger partial charge in [-0.3, -0.25) is 4.79 Å². The number of ether oxygens (including phenoxy) is 1. The first-order valence-corrected chi connectivity index (χ1v) is 8.24. The molecule has 0 aliphatic rings. The molecule has 0 spiro atoms. The molecule has 0 radical (unpaired) electrons. The van der Waals surface area contributed by atoms with Gasteiger partial charge in [-0.25, -0.2) is 5.43 Å². The molecule has 0 fully saturated rings. The lowest BCUT2D eigenvalue weighted by molar-refractivity contribution is 0.0955. The van der Waals surface area contributed by atoms with Crippen molar-refractivity contribution >= 4 is 28.1 Å². The summed E-state index contributed by atoms with van der Waals surface area (Å²) in [5.41, 5.74) is 3.89. The molecular formula is C18H19BrN2O2. The number of carbonyl (C=O) groups excluding carboxylic acids is 1. The Balaban J connectivity index is 2.03. The van der Waals surface area contributed by atoms with Crippen LogP contribution in [-0.4, -0.2) is 18.2 Å². The number of nitrogens with one attached hydrogen (secondary N) is 1. The van der Waals surface area contributed by atoms with E-state index in [2.05, 4.69) is 33.4 Å². The second-order valence-electron chi connectivity index (χ2n) is 5.08.